The zero-order valence-corrected chi connectivity index (χ0v) is 30.2. The first-order chi connectivity index (χ1) is 25.9. The van der Waals surface area contributed by atoms with Gasteiger partial charge in [0.25, 0.3) is 0 Å². The summed E-state index contributed by atoms with van der Waals surface area (Å²) in [7, 11) is 5.37. The lowest BCUT2D eigenvalue weighted by Crippen LogP contribution is -2.38. The van der Waals surface area contributed by atoms with Gasteiger partial charge in [-0.1, -0.05) is 24.3 Å². The van der Waals surface area contributed by atoms with Crippen LogP contribution in [0.4, 0.5) is 0 Å². The first-order valence-electron chi connectivity index (χ1n) is 18.6. The maximum absolute atomic E-state index is 11.4. The summed E-state index contributed by atoms with van der Waals surface area (Å²) in [6, 6.07) is 15.8. The Balaban J connectivity index is 1.27. The zero-order chi connectivity index (χ0) is 36.4. The van der Waals surface area contributed by atoms with E-state index in [1.54, 1.807) is 6.07 Å². The highest BCUT2D eigenvalue weighted by Gasteiger charge is 2.45. The van der Waals surface area contributed by atoms with Gasteiger partial charge in [-0.2, -0.15) is 0 Å². The molecule has 10 nitrogen and oxygen atoms in total. The molecule has 0 saturated heterocycles. The van der Waals surface area contributed by atoms with E-state index in [0.29, 0.717) is 51.3 Å². The van der Waals surface area contributed by atoms with Crippen LogP contribution < -0.4 is 35.4 Å². The number of methoxy groups -OCH3 is 1. The van der Waals surface area contributed by atoms with Gasteiger partial charge in [0.1, 0.15) is 29.5 Å². The van der Waals surface area contributed by atoms with Crippen molar-refractivity contribution in [3.8, 4) is 39.9 Å². The smallest absolute Gasteiger partial charge is 0.160 e. The molecule has 0 saturated carbocycles. The fourth-order valence-corrected chi connectivity index (χ4v) is 9.41. The Labute approximate surface area is 308 Å². The van der Waals surface area contributed by atoms with Crippen molar-refractivity contribution in [2.24, 2.45) is 4.99 Å². The number of benzene rings is 4. The molecule has 0 unspecified atom stereocenters. The van der Waals surface area contributed by atoms with Crippen LogP contribution >= 0.6 is 0 Å². The standard InChI is InChI=1S/C43H45N3O7/c1-44-19-25-15-31-34(48)11-8-27-39(31)32(38(25)23-4-9-33-22(14-23)12-13-46-33)17-29-30-18-37(51-21-45-2)41(24-5-10-35(49)36(16-24)50-3)53-42(30)28-7-6-26(20-47)52-43(28)40(27)29/h4-5,8-12,14-16,26,32,37-38,41,44-45,47-49H,6-7,13,17-21H2,1-3H3/t26-,32-,37-,38+,41-/m1/s1. The first-order valence-corrected chi connectivity index (χ1v) is 18.6. The summed E-state index contributed by atoms with van der Waals surface area (Å²) in [5.41, 5.74) is 10.6. The second-order valence-electron chi connectivity index (χ2n) is 14.7. The summed E-state index contributed by atoms with van der Waals surface area (Å²) in [6.45, 7) is 1.62. The number of nitrogens with one attached hydrogen (secondary N) is 2. The Kier molecular flexibility index (Phi) is 8.66. The number of likely N-dealkylation sites (N-methyl/N-ethyl adjacent to an activating group) is 1. The molecular formula is C43H45N3O7. The molecular weight excluding hydrogens is 670 g/mol. The third-order valence-electron chi connectivity index (χ3n) is 11.7. The number of nitrogens with zero attached hydrogens (tertiary/aromatic N) is 1. The third-order valence-corrected chi connectivity index (χ3v) is 11.7. The summed E-state index contributed by atoms with van der Waals surface area (Å²) < 4.78 is 25.9. The number of ether oxygens (including phenoxy) is 4. The van der Waals surface area contributed by atoms with Gasteiger partial charge in [-0.05, 0) is 114 Å². The normalized spacial score (nSPS) is 23.1. The largest absolute Gasteiger partial charge is 0.507 e. The molecule has 5 atom stereocenters. The molecule has 0 spiro atoms. The maximum atomic E-state index is 11.4. The molecule has 53 heavy (non-hydrogen) atoms. The van der Waals surface area contributed by atoms with Crippen molar-refractivity contribution in [3.63, 3.8) is 0 Å². The van der Waals surface area contributed by atoms with Gasteiger partial charge < -0.3 is 39.6 Å². The SMILES string of the molecule is CNCO[C@@H]1Cc2c3c(c4c(c2O[C@@H]1c1ccc(O)c(OC)c1)CC[C@H](CO)O4)-c1ccc(O)c2c1[C@H](C3)[C@@H](c1ccc3c(c1)=CCN=3)C(CNC)=C2. The number of phenolic OH excluding ortho intramolecular Hbond substituents is 2. The van der Waals surface area contributed by atoms with Gasteiger partial charge in [-0.15, -0.1) is 0 Å². The Bertz CT molecular complexity index is 2280. The number of hydrogen-bond donors (Lipinski definition) is 5. The number of hydrogen-bond acceptors (Lipinski definition) is 10. The molecule has 9 rings (SSSR count). The quantitative estimate of drug-likeness (QED) is 0.162. The summed E-state index contributed by atoms with van der Waals surface area (Å²) in [5, 5.41) is 41.0. The lowest BCUT2D eigenvalue weighted by Gasteiger charge is -2.44. The first kappa shape index (κ1) is 33.9. The Morgan fingerprint density at radius 3 is 2.57 bits per heavy atom. The van der Waals surface area contributed by atoms with Gasteiger partial charge >= 0.3 is 0 Å². The van der Waals surface area contributed by atoms with E-state index in [1.165, 1.54) is 18.2 Å². The number of fused-ring (bicyclic) bond motifs is 8. The van der Waals surface area contributed by atoms with Crippen molar-refractivity contribution in [1.82, 2.24) is 10.6 Å². The van der Waals surface area contributed by atoms with Crippen LogP contribution in [-0.2, 0) is 24.0 Å². The molecule has 4 aromatic carbocycles. The second kappa shape index (κ2) is 13.5. The van der Waals surface area contributed by atoms with Gasteiger partial charge in [-0.3, -0.25) is 10.3 Å². The lowest BCUT2D eigenvalue weighted by molar-refractivity contribution is -0.0436. The number of aliphatic hydroxyl groups excluding tert-OH is 1. The van der Waals surface area contributed by atoms with Crippen molar-refractivity contribution in [2.75, 3.05) is 47.6 Å². The van der Waals surface area contributed by atoms with Crippen LogP contribution in [0.25, 0.3) is 23.3 Å². The number of aliphatic hydroxyl groups is 1. The fraction of sp³-hybridized carbons (Fsp3) is 0.372. The van der Waals surface area contributed by atoms with E-state index in [-0.39, 0.29) is 42.1 Å². The minimum atomic E-state index is -0.483. The number of aromatic hydroxyl groups is 2. The summed E-state index contributed by atoms with van der Waals surface area (Å²) >= 11 is 0. The Morgan fingerprint density at radius 2 is 1.75 bits per heavy atom. The van der Waals surface area contributed by atoms with Crippen molar-refractivity contribution in [3.05, 3.63) is 104 Å². The van der Waals surface area contributed by atoms with Crippen LogP contribution in [0.15, 0.2) is 59.1 Å². The van der Waals surface area contributed by atoms with Crippen LogP contribution in [0.5, 0.6) is 28.7 Å². The average molecular weight is 716 g/mol. The molecule has 0 bridgehead atoms. The Morgan fingerprint density at radius 1 is 0.906 bits per heavy atom. The monoisotopic (exact) mass is 715 g/mol. The highest BCUT2D eigenvalue weighted by atomic mass is 16.6. The molecule has 0 amide bonds. The zero-order valence-electron chi connectivity index (χ0n) is 30.2. The molecule has 5 aliphatic rings. The minimum absolute atomic E-state index is 0.0134. The topological polar surface area (TPSA) is 134 Å². The summed E-state index contributed by atoms with van der Waals surface area (Å²) in [4.78, 5) is 4.66. The van der Waals surface area contributed by atoms with Gasteiger partial charge in [0, 0.05) is 41.1 Å². The van der Waals surface area contributed by atoms with Crippen molar-refractivity contribution >= 4 is 12.2 Å². The van der Waals surface area contributed by atoms with Crippen LogP contribution in [-0.4, -0.2) is 75.2 Å². The highest BCUT2D eigenvalue weighted by Crippen LogP contribution is 2.60. The van der Waals surface area contributed by atoms with E-state index in [0.717, 1.165) is 66.6 Å². The summed E-state index contributed by atoms with van der Waals surface area (Å²) in [5.74, 6) is 2.31. The van der Waals surface area contributed by atoms with Crippen molar-refractivity contribution < 1.29 is 34.3 Å². The van der Waals surface area contributed by atoms with E-state index in [1.807, 2.05) is 38.4 Å². The molecule has 0 radical (unpaired) electrons. The lowest BCUT2D eigenvalue weighted by atomic mass is 9.63. The van der Waals surface area contributed by atoms with E-state index >= 15 is 0 Å². The van der Waals surface area contributed by atoms with Crippen LogP contribution in [0.1, 0.15) is 63.3 Å². The maximum Gasteiger partial charge on any atom is 0.160 e. The molecule has 10 heteroatoms. The van der Waals surface area contributed by atoms with E-state index in [4.69, 9.17) is 18.9 Å². The highest BCUT2D eigenvalue weighted by molar-refractivity contribution is 5.89. The van der Waals surface area contributed by atoms with E-state index < -0.39 is 6.10 Å². The molecule has 3 aliphatic heterocycles. The minimum Gasteiger partial charge on any atom is -0.507 e. The van der Waals surface area contributed by atoms with E-state index in [2.05, 4.69) is 46.0 Å². The molecule has 5 N–H and O–H groups in total. The van der Waals surface area contributed by atoms with Gasteiger partial charge in [0.2, 0.25) is 0 Å². The molecule has 274 valence electrons. The van der Waals surface area contributed by atoms with Gasteiger partial charge in [0.05, 0.1) is 32.3 Å². The predicted octanol–water partition coefficient (Wildman–Crippen LogP) is 4.15. The van der Waals surface area contributed by atoms with Crippen LogP contribution in [0, 0.1) is 0 Å². The fourth-order valence-electron chi connectivity index (χ4n) is 9.41. The average Bonchev–Trinajstić information content (AvgIpc) is 3.66. The van der Waals surface area contributed by atoms with Crippen LogP contribution in [0.3, 0.4) is 0 Å². The second-order valence-corrected chi connectivity index (χ2v) is 14.7. The third kappa shape index (κ3) is 5.50. The van der Waals surface area contributed by atoms with E-state index in [9.17, 15) is 15.3 Å². The van der Waals surface area contributed by atoms with Gasteiger partial charge in [-0.25, -0.2) is 0 Å². The molecule has 2 aliphatic carbocycles. The molecule has 3 heterocycles. The van der Waals surface area contributed by atoms with Crippen LogP contribution in [0.2, 0.25) is 0 Å². The van der Waals surface area contributed by atoms with Crippen molar-refractivity contribution in [1.29, 1.82) is 0 Å². The van der Waals surface area contributed by atoms with Gasteiger partial charge in [0.15, 0.2) is 17.6 Å². The molecule has 0 aromatic heterocycles. The Hall–Kier alpha value is -4.87. The summed E-state index contributed by atoms with van der Waals surface area (Å²) in [6.07, 6.45) is 5.82. The van der Waals surface area contributed by atoms with Crippen molar-refractivity contribution in [2.45, 2.75) is 55.8 Å². The predicted molar refractivity (Wildman–Crippen MR) is 202 cm³/mol. The molecule has 4 aromatic rings. The molecule has 0 fully saturated rings. The number of phenols is 2. The number of rotatable bonds is 9.